The van der Waals surface area contributed by atoms with Crippen molar-refractivity contribution in [1.82, 2.24) is 0 Å². The minimum atomic E-state index is 0.633. The molecule has 0 nitrogen and oxygen atoms in total. The highest BCUT2D eigenvalue weighted by molar-refractivity contribution is 6.22. The second-order valence-corrected chi connectivity index (χ2v) is 5.59. The van der Waals surface area contributed by atoms with Gasteiger partial charge in [0.2, 0.25) is 0 Å². The van der Waals surface area contributed by atoms with E-state index in [2.05, 4.69) is 62.4 Å². The van der Waals surface area contributed by atoms with Gasteiger partial charge in [-0.3, -0.25) is 0 Å². The molecule has 0 amide bonds. The fraction of sp³-hybridized carbons (Fsp3) is 0.222. The summed E-state index contributed by atoms with van der Waals surface area (Å²) in [6.07, 6.45) is 4.91. The zero-order chi connectivity index (χ0) is 12.3. The van der Waals surface area contributed by atoms with Crippen LogP contribution in [0.15, 0.2) is 48.6 Å². The van der Waals surface area contributed by atoms with Gasteiger partial charge in [-0.05, 0) is 44.9 Å². The normalized spacial score (nSPS) is 24.8. The SMILES string of the molecule is CC1C=C2C(=CC1C)c1cccc3cccc2c13. The summed E-state index contributed by atoms with van der Waals surface area (Å²) < 4.78 is 0. The van der Waals surface area contributed by atoms with E-state index in [1.54, 1.807) is 0 Å². The molecule has 2 aliphatic rings. The number of allylic oxidation sites excluding steroid dienone is 4. The van der Waals surface area contributed by atoms with Gasteiger partial charge in [0.15, 0.2) is 0 Å². The Labute approximate surface area is 108 Å². The van der Waals surface area contributed by atoms with Gasteiger partial charge in [0, 0.05) is 0 Å². The number of rotatable bonds is 0. The molecule has 2 unspecified atom stereocenters. The highest BCUT2D eigenvalue weighted by Gasteiger charge is 2.28. The van der Waals surface area contributed by atoms with Gasteiger partial charge in [-0.1, -0.05) is 62.4 Å². The van der Waals surface area contributed by atoms with Crippen molar-refractivity contribution in [3.8, 4) is 0 Å². The quantitative estimate of drug-likeness (QED) is 0.605. The molecule has 0 aromatic heterocycles. The van der Waals surface area contributed by atoms with Gasteiger partial charge in [-0.25, -0.2) is 0 Å². The van der Waals surface area contributed by atoms with E-state index < -0.39 is 0 Å². The van der Waals surface area contributed by atoms with Crippen LogP contribution in [0.25, 0.3) is 21.9 Å². The summed E-state index contributed by atoms with van der Waals surface area (Å²) >= 11 is 0. The van der Waals surface area contributed by atoms with E-state index in [0.29, 0.717) is 11.8 Å². The highest BCUT2D eigenvalue weighted by atomic mass is 14.3. The number of hydrogen-bond donors (Lipinski definition) is 0. The molecule has 0 saturated carbocycles. The lowest BCUT2D eigenvalue weighted by molar-refractivity contribution is 0.557. The topological polar surface area (TPSA) is 0 Å². The van der Waals surface area contributed by atoms with Gasteiger partial charge in [0.05, 0.1) is 0 Å². The highest BCUT2D eigenvalue weighted by Crippen LogP contribution is 2.49. The average molecular weight is 232 g/mol. The van der Waals surface area contributed by atoms with E-state index in [-0.39, 0.29) is 0 Å². The summed E-state index contributed by atoms with van der Waals surface area (Å²) in [6.45, 7) is 4.63. The molecule has 2 aromatic carbocycles. The summed E-state index contributed by atoms with van der Waals surface area (Å²) in [5, 5.41) is 2.81. The van der Waals surface area contributed by atoms with E-state index >= 15 is 0 Å². The molecule has 0 heterocycles. The van der Waals surface area contributed by atoms with Crippen LogP contribution < -0.4 is 0 Å². The van der Waals surface area contributed by atoms with E-state index in [1.807, 2.05) is 0 Å². The van der Waals surface area contributed by atoms with Crippen LogP contribution in [0, 0.1) is 11.8 Å². The molecule has 0 radical (unpaired) electrons. The van der Waals surface area contributed by atoms with E-state index in [9.17, 15) is 0 Å². The van der Waals surface area contributed by atoms with Gasteiger partial charge in [0.1, 0.15) is 0 Å². The lowest BCUT2D eigenvalue weighted by Gasteiger charge is -2.21. The standard InChI is InChI=1S/C18H16/c1-11-9-16-14-7-3-5-13-6-4-8-15(18(13)14)17(16)10-12(11)2/h3-12H,1-2H3. The third kappa shape index (κ3) is 1.16. The van der Waals surface area contributed by atoms with Crippen LogP contribution in [0.4, 0.5) is 0 Å². The van der Waals surface area contributed by atoms with E-state index in [1.165, 1.54) is 33.0 Å². The van der Waals surface area contributed by atoms with Crippen LogP contribution in [-0.4, -0.2) is 0 Å². The van der Waals surface area contributed by atoms with Crippen molar-refractivity contribution in [3.05, 3.63) is 59.7 Å². The molecule has 2 aliphatic carbocycles. The maximum Gasteiger partial charge on any atom is -0.00266 e. The first-order valence-corrected chi connectivity index (χ1v) is 6.72. The molecular formula is C18H16. The van der Waals surface area contributed by atoms with E-state index in [4.69, 9.17) is 0 Å². The zero-order valence-electron chi connectivity index (χ0n) is 10.8. The van der Waals surface area contributed by atoms with Crippen molar-refractivity contribution in [2.24, 2.45) is 11.8 Å². The molecule has 2 aromatic rings. The minimum absolute atomic E-state index is 0.633. The van der Waals surface area contributed by atoms with Crippen LogP contribution >= 0.6 is 0 Å². The third-order valence-electron chi connectivity index (χ3n) is 4.46. The minimum Gasteiger partial charge on any atom is -0.0726 e. The van der Waals surface area contributed by atoms with Gasteiger partial charge in [-0.15, -0.1) is 0 Å². The molecule has 2 atom stereocenters. The summed E-state index contributed by atoms with van der Waals surface area (Å²) in [5.41, 5.74) is 5.75. The Balaban J connectivity index is 2.13. The molecule has 0 aliphatic heterocycles. The first-order valence-electron chi connectivity index (χ1n) is 6.72. The third-order valence-corrected chi connectivity index (χ3v) is 4.46. The predicted octanol–water partition coefficient (Wildman–Crippen LogP) is 4.91. The summed E-state index contributed by atoms with van der Waals surface area (Å²) in [4.78, 5) is 0. The van der Waals surface area contributed by atoms with Crippen molar-refractivity contribution in [2.45, 2.75) is 13.8 Å². The Morgan fingerprint density at radius 1 is 0.722 bits per heavy atom. The Bertz CT molecular complexity index is 657. The van der Waals surface area contributed by atoms with Crippen molar-refractivity contribution in [3.63, 3.8) is 0 Å². The lowest BCUT2D eigenvalue weighted by atomic mass is 9.83. The molecule has 0 heteroatoms. The molecule has 0 N–H and O–H groups in total. The summed E-state index contributed by atoms with van der Waals surface area (Å²) in [5.74, 6) is 1.27. The molecule has 0 bridgehead atoms. The van der Waals surface area contributed by atoms with Gasteiger partial charge >= 0.3 is 0 Å². The maximum atomic E-state index is 2.45. The number of benzene rings is 2. The second-order valence-electron chi connectivity index (χ2n) is 5.59. The Morgan fingerprint density at radius 3 is 1.72 bits per heavy atom. The molecule has 18 heavy (non-hydrogen) atoms. The van der Waals surface area contributed by atoms with Crippen molar-refractivity contribution < 1.29 is 0 Å². The molecule has 88 valence electrons. The number of fused-ring (bicyclic) bond motifs is 3. The predicted molar refractivity (Wildman–Crippen MR) is 78.2 cm³/mol. The van der Waals surface area contributed by atoms with Crippen LogP contribution in [0.5, 0.6) is 0 Å². The Morgan fingerprint density at radius 2 is 1.22 bits per heavy atom. The fourth-order valence-electron chi connectivity index (χ4n) is 3.27. The molecular weight excluding hydrogens is 216 g/mol. The van der Waals surface area contributed by atoms with E-state index in [0.717, 1.165) is 0 Å². The fourth-order valence-corrected chi connectivity index (χ4v) is 3.27. The summed E-state index contributed by atoms with van der Waals surface area (Å²) in [7, 11) is 0. The second kappa shape index (κ2) is 3.35. The van der Waals surface area contributed by atoms with Gasteiger partial charge in [0.25, 0.3) is 0 Å². The first kappa shape index (κ1) is 10.1. The Kier molecular flexibility index (Phi) is 1.89. The smallest absolute Gasteiger partial charge is 0.00266 e. The molecule has 0 saturated heterocycles. The Hall–Kier alpha value is -1.82. The lowest BCUT2D eigenvalue weighted by Crippen LogP contribution is -2.07. The van der Waals surface area contributed by atoms with Gasteiger partial charge in [-0.2, -0.15) is 0 Å². The van der Waals surface area contributed by atoms with Gasteiger partial charge < -0.3 is 0 Å². The largest absolute Gasteiger partial charge is 0.0726 e. The van der Waals surface area contributed by atoms with Crippen molar-refractivity contribution in [1.29, 1.82) is 0 Å². The van der Waals surface area contributed by atoms with Crippen molar-refractivity contribution in [2.75, 3.05) is 0 Å². The maximum absolute atomic E-state index is 2.45. The van der Waals surface area contributed by atoms with Crippen LogP contribution in [0.3, 0.4) is 0 Å². The van der Waals surface area contributed by atoms with Crippen LogP contribution in [-0.2, 0) is 0 Å². The van der Waals surface area contributed by atoms with Crippen molar-refractivity contribution >= 4 is 21.9 Å². The average Bonchev–Trinajstić information content (AvgIpc) is 2.68. The molecule has 0 spiro atoms. The first-order chi connectivity index (χ1) is 8.75. The zero-order valence-corrected chi connectivity index (χ0v) is 10.8. The number of hydrogen-bond acceptors (Lipinski definition) is 0. The van der Waals surface area contributed by atoms with Crippen LogP contribution in [0.2, 0.25) is 0 Å². The summed E-state index contributed by atoms with van der Waals surface area (Å²) in [6, 6.07) is 13.3. The van der Waals surface area contributed by atoms with Crippen LogP contribution in [0.1, 0.15) is 25.0 Å². The molecule has 4 rings (SSSR count). The molecule has 0 fully saturated rings. The monoisotopic (exact) mass is 232 g/mol.